The summed E-state index contributed by atoms with van der Waals surface area (Å²) in [4.78, 5) is 51.7. The predicted octanol–water partition coefficient (Wildman–Crippen LogP) is 9.19. The minimum Gasteiger partial charge on any atom is -0.858 e. The van der Waals surface area contributed by atoms with Gasteiger partial charge in [-0.15, -0.1) is 0 Å². The minimum absolute atomic E-state index is 0. The molecular formula is C48H76CuN10O12. The van der Waals surface area contributed by atoms with E-state index >= 15 is 0 Å². The first-order valence-corrected chi connectivity index (χ1v) is 25.0. The Morgan fingerprint density at radius 3 is 0.592 bits per heavy atom. The third-order valence-corrected chi connectivity index (χ3v) is 12.1. The van der Waals surface area contributed by atoms with Gasteiger partial charge in [0.05, 0.1) is 118 Å². The fraction of sp³-hybridized carbons (Fsp3) is 0.667. The molecule has 0 bridgehead atoms. The smallest absolute Gasteiger partial charge is 0.858 e. The van der Waals surface area contributed by atoms with Crippen molar-refractivity contribution in [3.63, 3.8) is 0 Å². The zero-order valence-corrected chi connectivity index (χ0v) is 43.9. The molecule has 0 saturated carbocycles. The fourth-order valence-corrected chi connectivity index (χ4v) is 7.97. The number of nitrogens with zero attached hydrogens (tertiary/aromatic N) is 10. The molecule has 23 heteroatoms. The van der Waals surface area contributed by atoms with E-state index < -0.39 is 66.0 Å². The third kappa shape index (κ3) is 22.1. The van der Waals surface area contributed by atoms with Gasteiger partial charge >= 0.3 is 39.8 Å². The van der Waals surface area contributed by atoms with Crippen LogP contribution in [0.2, 0.25) is 0 Å². The molecule has 0 amide bonds. The molecule has 2 heterocycles. The van der Waals surface area contributed by atoms with Gasteiger partial charge in [0.1, 0.15) is 0 Å². The monoisotopic (exact) mass is 1050 g/mol. The third-order valence-electron chi connectivity index (χ3n) is 12.1. The van der Waals surface area contributed by atoms with Crippen molar-refractivity contribution >= 4 is 44.8 Å². The predicted molar refractivity (Wildman–Crippen MR) is 262 cm³/mol. The summed E-state index contributed by atoms with van der Waals surface area (Å²) >= 11 is 0. The van der Waals surface area contributed by atoms with Gasteiger partial charge in [0.25, 0.3) is 0 Å². The van der Waals surface area contributed by atoms with Gasteiger partial charge in [-0.25, -0.2) is 0 Å². The summed E-state index contributed by atoms with van der Waals surface area (Å²) in [5.74, 6) is -4.70. The molecule has 4 rings (SSSR count). The minimum atomic E-state index is -1.18. The number of aromatic nitrogens is 4. The molecule has 1 radical (unpaired) electrons. The van der Waals surface area contributed by atoms with Crippen molar-refractivity contribution in [1.29, 1.82) is 0 Å². The summed E-state index contributed by atoms with van der Waals surface area (Å²) in [5, 5.41) is 86.3. The Morgan fingerprint density at radius 1 is 0.338 bits per heavy atom. The first kappa shape index (κ1) is 65.4. The second-order valence-electron chi connectivity index (χ2n) is 17.7. The molecule has 0 saturated heterocycles. The molecule has 0 aliphatic rings. The Hall–Kier alpha value is -5.64. The van der Waals surface area contributed by atoms with Gasteiger partial charge < -0.3 is 29.4 Å². The molecule has 0 aliphatic carbocycles. The van der Waals surface area contributed by atoms with E-state index in [4.69, 9.17) is 0 Å². The van der Waals surface area contributed by atoms with Gasteiger partial charge in [0, 0.05) is 0 Å². The topological polar surface area (TPSA) is 316 Å². The Kier molecular flexibility index (Phi) is 31.9. The zero-order chi connectivity index (χ0) is 52.9. The number of rotatable bonds is 28. The van der Waals surface area contributed by atoms with Crippen molar-refractivity contribution in [2.45, 2.75) is 158 Å². The Morgan fingerprint density at radius 2 is 0.479 bits per heavy atom. The molecule has 0 fully saturated rings. The molecule has 2 aromatic heterocycles. The van der Waals surface area contributed by atoms with E-state index in [1.165, 1.54) is 164 Å². The number of hydrogen-bond acceptors (Lipinski definition) is 16. The molecular weight excluding hydrogens is 972 g/mol. The van der Waals surface area contributed by atoms with Crippen molar-refractivity contribution in [1.82, 2.24) is 19.9 Å². The molecule has 22 nitrogen and oxygen atoms in total. The van der Waals surface area contributed by atoms with Crippen LogP contribution < -0.4 is 20.4 Å². The SMILES string of the molecule is CCCC[N+](CCCC)(CCCC)CCCC.CCCC[N+](CCCC)(CCCC)CCCC.O=[N+]([O-])c1cc2nc([O-])c([O-])nc2cc1[N+](=O)[O-].O=[N+]([O-])c1cc2nc([O-])c([O-])nc2cc1[N+](=O)[O-].[Cu+2]. The summed E-state index contributed by atoms with van der Waals surface area (Å²) in [6.45, 7) is 30.0. The Labute approximate surface area is 428 Å². The molecule has 0 atom stereocenters. The van der Waals surface area contributed by atoms with Crippen molar-refractivity contribution in [2.75, 3.05) is 52.4 Å². The molecule has 0 N–H and O–H groups in total. The van der Waals surface area contributed by atoms with Crippen molar-refractivity contribution in [3.05, 3.63) is 64.7 Å². The average Bonchev–Trinajstić information content (AvgIpc) is 3.33. The van der Waals surface area contributed by atoms with Gasteiger partial charge in [-0.05, 0) is 74.9 Å². The van der Waals surface area contributed by atoms with Crippen LogP contribution >= 0.6 is 0 Å². The van der Waals surface area contributed by atoms with Crippen LogP contribution in [0.1, 0.15) is 158 Å². The van der Waals surface area contributed by atoms with Crippen molar-refractivity contribution in [3.8, 4) is 23.5 Å². The Bertz CT molecular complexity index is 1910. The fourth-order valence-electron chi connectivity index (χ4n) is 7.97. The zero-order valence-electron chi connectivity index (χ0n) is 43.0. The van der Waals surface area contributed by atoms with E-state index in [2.05, 4.69) is 75.3 Å². The van der Waals surface area contributed by atoms with E-state index in [-0.39, 0.29) is 39.1 Å². The van der Waals surface area contributed by atoms with Crippen LogP contribution in [0.3, 0.4) is 0 Å². The van der Waals surface area contributed by atoms with Crippen LogP contribution in [-0.2, 0) is 17.1 Å². The second-order valence-corrected chi connectivity index (χ2v) is 17.7. The Balaban J connectivity index is 0.000000917. The van der Waals surface area contributed by atoms with Gasteiger partial charge in [0.15, 0.2) is 0 Å². The summed E-state index contributed by atoms with van der Waals surface area (Å²) in [6.07, 6.45) is 22.1. The molecule has 0 unspecified atom stereocenters. The largest absolute Gasteiger partial charge is 2.00 e. The van der Waals surface area contributed by atoms with Crippen LogP contribution in [0.25, 0.3) is 22.1 Å². The van der Waals surface area contributed by atoms with Crippen LogP contribution in [0.5, 0.6) is 23.5 Å². The number of benzene rings is 2. The molecule has 0 spiro atoms. The quantitative estimate of drug-likeness (QED) is 0.0221. The van der Waals surface area contributed by atoms with Crippen molar-refractivity contribution < 1.29 is 66.2 Å². The van der Waals surface area contributed by atoms with Gasteiger partial charge in [-0.1, -0.05) is 107 Å². The summed E-state index contributed by atoms with van der Waals surface area (Å²) in [7, 11) is 0. The maximum Gasteiger partial charge on any atom is 2.00 e. The molecule has 401 valence electrons. The standard InChI is InChI=1S/2C16H36N.2C8H4N4O6.Cu/c2*1-5-9-13-17(14-10-6-2,15-11-7-3)16-12-8-4;2*13-7-8(14)10-4-2-6(12(17)18)5(11(15)16)1-3(4)9-7;/h2*5-16H2,1-4H3;2*1-2H,(H,9,13)(H,10,14);/q2*+1;;;+2/p-4. The molecule has 4 aromatic rings. The maximum absolute atomic E-state index is 10.9. The summed E-state index contributed by atoms with van der Waals surface area (Å²) in [5.41, 5.74) is -4.23. The van der Waals surface area contributed by atoms with Gasteiger partial charge in [-0.2, -0.15) is 0 Å². The van der Waals surface area contributed by atoms with Crippen LogP contribution in [-0.4, -0.2) is 101 Å². The number of nitro benzene ring substituents is 4. The number of unbranched alkanes of at least 4 members (excludes halogenated alkanes) is 8. The summed E-state index contributed by atoms with van der Waals surface area (Å²) < 4.78 is 2.84. The van der Waals surface area contributed by atoms with E-state index in [9.17, 15) is 60.9 Å². The number of fused-ring (bicyclic) bond motifs is 2. The molecule has 2 aromatic carbocycles. The second kappa shape index (κ2) is 34.6. The number of nitro groups is 4. The first-order valence-electron chi connectivity index (χ1n) is 25.0. The van der Waals surface area contributed by atoms with Crippen LogP contribution in [0.4, 0.5) is 22.7 Å². The number of quaternary nitrogens is 2. The van der Waals surface area contributed by atoms with Crippen LogP contribution in [0.15, 0.2) is 24.3 Å². The van der Waals surface area contributed by atoms with Gasteiger partial charge in [0.2, 0.25) is 0 Å². The van der Waals surface area contributed by atoms with Crippen molar-refractivity contribution in [2.24, 2.45) is 0 Å². The van der Waals surface area contributed by atoms with Crippen LogP contribution in [0, 0.1) is 40.5 Å². The van der Waals surface area contributed by atoms with E-state index in [0.29, 0.717) is 0 Å². The van der Waals surface area contributed by atoms with E-state index in [1.807, 2.05) is 0 Å². The maximum atomic E-state index is 10.9. The average molecular weight is 1050 g/mol. The first-order chi connectivity index (χ1) is 33.3. The molecule has 0 aliphatic heterocycles. The van der Waals surface area contributed by atoms with E-state index in [0.717, 1.165) is 24.3 Å². The van der Waals surface area contributed by atoms with E-state index in [1.54, 1.807) is 0 Å². The summed E-state index contributed by atoms with van der Waals surface area (Å²) in [6, 6.07) is 2.95. The molecule has 71 heavy (non-hydrogen) atoms. The number of hydrogen-bond donors (Lipinski definition) is 0. The normalized spacial score (nSPS) is 11.0. The van der Waals surface area contributed by atoms with Gasteiger partial charge in [-0.3, -0.25) is 60.4 Å².